The van der Waals surface area contributed by atoms with Gasteiger partial charge in [0, 0.05) is 0 Å². The summed E-state index contributed by atoms with van der Waals surface area (Å²) in [6.45, 7) is 4.42. The molecule has 0 saturated carbocycles. The van der Waals surface area contributed by atoms with Gasteiger partial charge in [-0.15, -0.1) is 0 Å². The molecule has 0 aromatic heterocycles. The summed E-state index contributed by atoms with van der Waals surface area (Å²) < 4.78 is 33.3. The van der Waals surface area contributed by atoms with Crippen LogP contribution in [0, 0.1) is 0 Å². The maximum atomic E-state index is 11.6. The molecule has 3 aliphatic rings. The minimum absolute atomic E-state index is 0.0279. The lowest BCUT2D eigenvalue weighted by Gasteiger charge is -2.44. The summed E-state index contributed by atoms with van der Waals surface area (Å²) in [5.74, 6) is -0.403. The minimum atomic E-state index is -1.14. The third-order valence-corrected chi connectivity index (χ3v) is 4.15. The molecule has 3 aliphatic heterocycles. The van der Waals surface area contributed by atoms with Gasteiger partial charge < -0.3 is 33.5 Å². The molecule has 132 valence electrons. The molecule has 0 spiro atoms. The van der Waals surface area contributed by atoms with Crippen molar-refractivity contribution in [3.8, 4) is 0 Å². The van der Waals surface area contributed by atoms with Crippen LogP contribution < -0.4 is 0 Å². The van der Waals surface area contributed by atoms with E-state index in [1.165, 1.54) is 0 Å². The molecule has 3 saturated heterocycles. The highest BCUT2D eigenvalue weighted by atomic mass is 16.8. The second-order valence-electron chi connectivity index (χ2n) is 5.86. The van der Waals surface area contributed by atoms with Gasteiger partial charge in [0.05, 0.1) is 19.6 Å². The van der Waals surface area contributed by atoms with Gasteiger partial charge in [0.15, 0.2) is 18.9 Å². The Labute approximate surface area is 134 Å². The fourth-order valence-electron chi connectivity index (χ4n) is 3.13. The number of hydrogen-bond donors (Lipinski definition) is 1. The van der Waals surface area contributed by atoms with Crippen molar-refractivity contribution in [2.75, 3.05) is 13.2 Å². The summed E-state index contributed by atoms with van der Waals surface area (Å²) in [6, 6.07) is 0. The molecule has 0 radical (unpaired) electrons. The monoisotopic (exact) mass is 332 g/mol. The van der Waals surface area contributed by atoms with Crippen LogP contribution in [0.5, 0.6) is 0 Å². The molecule has 0 bridgehead atoms. The van der Waals surface area contributed by atoms with Gasteiger partial charge in [0.25, 0.3) is 0 Å². The standard InChI is InChI=1S/C15H24O8/c1-3-5-10-19-7-8-12(21-10)13-14(15(17)20-8)23-11(22-13)6-9(16)18-4-2/h8,10-15,17H,3-7H2,1-2H3. The summed E-state index contributed by atoms with van der Waals surface area (Å²) in [4.78, 5) is 11.6. The minimum Gasteiger partial charge on any atom is -0.466 e. The molecule has 0 aromatic carbocycles. The molecular formula is C15H24O8. The molecule has 3 heterocycles. The lowest BCUT2D eigenvalue weighted by molar-refractivity contribution is -0.337. The first-order valence-electron chi connectivity index (χ1n) is 8.19. The average Bonchev–Trinajstić information content (AvgIpc) is 2.93. The van der Waals surface area contributed by atoms with E-state index in [1.807, 2.05) is 6.92 Å². The Morgan fingerprint density at radius 2 is 1.83 bits per heavy atom. The molecule has 23 heavy (non-hydrogen) atoms. The summed E-state index contributed by atoms with van der Waals surface area (Å²) in [7, 11) is 0. The lowest BCUT2D eigenvalue weighted by atomic mass is 9.98. The van der Waals surface area contributed by atoms with E-state index in [9.17, 15) is 9.90 Å². The molecule has 0 aliphatic carbocycles. The molecule has 0 aromatic rings. The number of carbonyl (C=O) groups excluding carboxylic acids is 1. The normalized spacial score (nSPS) is 42.8. The number of ether oxygens (including phenoxy) is 6. The van der Waals surface area contributed by atoms with Crippen LogP contribution in [0.2, 0.25) is 0 Å². The predicted octanol–water partition coefficient (Wildman–Crippen LogP) is 0.308. The van der Waals surface area contributed by atoms with Crippen LogP contribution in [0.25, 0.3) is 0 Å². The summed E-state index contributed by atoms with van der Waals surface area (Å²) in [5.41, 5.74) is 0. The third-order valence-electron chi connectivity index (χ3n) is 4.15. The first-order chi connectivity index (χ1) is 11.1. The Morgan fingerprint density at radius 3 is 2.57 bits per heavy atom. The van der Waals surface area contributed by atoms with Gasteiger partial charge >= 0.3 is 5.97 Å². The number of carbonyl (C=O) groups is 1. The van der Waals surface area contributed by atoms with Crippen molar-refractivity contribution in [1.82, 2.24) is 0 Å². The van der Waals surface area contributed by atoms with Crippen molar-refractivity contribution in [2.24, 2.45) is 0 Å². The molecule has 7 unspecified atom stereocenters. The zero-order valence-corrected chi connectivity index (χ0v) is 13.4. The van der Waals surface area contributed by atoms with Crippen molar-refractivity contribution in [1.29, 1.82) is 0 Å². The molecule has 1 N–H and O–H groups in total. The maximum absolute atomic E-state index is 11.6. The lowest BCUT2D eigenvalue weighted by Crippen LogP contribution is -2.61. The molecule has 0 amide bonds. The smallest absolute Gasteiger partial charge is 0.310 e. The summed E-state index contributed by atoms with van der Waals surface area (Å²) in [5, 5.41) is 10.1. The van der Waals surface area contributed by atoms with Crippen LogP contribution in [-0.4, -0.2) is 67.6 Å². The molecule has 3 fully saturated rings. The molecular weight excluding hydrogens is 308 g/mol. The fourth-order valence-corrected chi connectivity index (χ4v) is 3.13. The van der Waals surface area contributed by atoms with Crippen LogP contribution in [-0.2, 0) is 33.2 Å². The van der Waals surface area contributed by atoms with Crippen molar-refractivity contribution in [3.05, 3.63) is 0 Å². The number of aliphatic hydroxyl groups excluding tert-OH is 1. The molecule has 8 nitrogen and oxygen atoms in total. The number of rotatable bonds is 5. The first kappa shape index (κ1) is 17.1. The van der Waals surface area contributed by atoms with Crippen LogP contribution in [0.4, 0.5) is 0 Å². The van der Waals surface area contributed by atoms with Gasteiger partial charge in [-0.2, -0.15) is 0 Å². The van der Waals surface area contributed by atoms with Gasteiger partial charge in [-0.05, 0) is 13.3 Å². The predicted molar refractivity (Wildman–Crippen MR) is 75.2 cm³/mol. The first-order valence-corrected chi connectivity index (χ1v) is 8.19. The highest BCUT2D eigenvalue weighted by Crippen LogP contribution is 2.37. The van der Waals surface area contributed by atoms with E-state index in [0.717, 1.165) is 12.8 Å². The average molecular weight is 332 g/mol. The number of esters is 1. The second kappa shape index (κ2) is 7.42. The van der Waals surface area contributed by atoms with Crippen LogP contribution >= 0.6 is 0 Å². The summed E-state index contributed by atoms with van der Waals surface area (Å²) >= 11 is 0. The molecule has 3 rings (SSSR count). The van der Waals surface area contributed by atoms with Gasteiger partial charge in [-0.25, -0.2) is 0 Å². The quantitative estimate of drug-likeness (QED) is 0.719. The van der Waals surface area contributed by atoms with Crippen molar-refractivity contribution in [2.45, 2.75) is 76.4 Å². The van der Waals surface area contributed by atoms with Crippen molar-refractivity contribution in [3.63, 3.8) is 0 Å². The highest BCUT2D eigenvalue weighted by molar-refractivity contribution is 5.69. The Hall–Kier alpha value is -0.770. The van der Waals surface area contributed by atoms with E-state index < -0.39 is 36.9 Å². The Bertz CT molecular complexity index is 416. The van der Waals surface area contributed by atoms with E-state index in [-0.39, 0.29) is 18.8 Å². The van der Waals surface area contributed by atoms with E-state index in [1.54, 1.807) is 6.92 Å². The number of aliphatic hydroxyl groups is 1. The van der Waals surface area contributed by atoms with Crippen molar-refractivity contribution >= 4 is 5.97 Å². The van der Waals surface area contributed by atoms with Crippen LogP contribution in [0.3, 0.4) is 0 Å². The molecule has 7 atom stereocenters. The fraction of sp³-hybridized carbons (Fsp3) is 0.933. The topological polar surface area (TPSA) is 92.7 Å². The third kappa shape index (κ3) is 3.67. The summed E-state index contributed by atoms with van der Waals surface area (Å²) in [6.07, 6.45) is -2.51. The highest BCUT2D eigenvalue weighted by Gasteiger charge is 2.55. The van der Waals surface area contributed by atoms with Crippen molar-refractivity contribution < 1.29 is 38.3 Å². The van der Waals surface area contributed by atoms with Gasteiger partial charge in [-0.1, -0.05) is 13.3 Å². The van der Waals surface area contributed by atoms with Crippen LogP contribution in [0.15, 0.2) is 0 Å². The Kier molecular flexibility index (Phi) is 5.50. The molecule has 8 heteroatoms. The number of hydrogen-bond acceptors (Lipinski definition) is 8. The van der Waals surface area contributed by atoms with Gasteiger partial charge in [0.1, 0.15) is 24.4 Å². The largest absolute Gasteiger partial charge is 0.466 e. The second-order valence-corrected chi connectivity index (χ2v) is 5.86. The zero-order valence-electron chi connectivity index (χ0n) is 13.4. The van der Waals surface area contributed by atoms with E-state index in [0.29, 0.717) is 13.2 Å². The van der Waals surface area contributed by atoms with Gasteiger partial charge in [0.2, 0.25) is 0 Å². The van der Waals surface area contributed by atoms with Gasteiger partial charge in [-0.3, -0.25) is 4.79 Å². The zero-order chi connectivity index (χ0) is 16.4. The van der Waals surface area contributed by atoms with E-state index >= 15 is 0 Å². The Balaban J connectivity index is 1.64. The van der Waals surface area contributed by atoms with E-state index in [2.05, 4.69) is 0 Å². The Morgan fingerprint density at radius 1 is 1.09 bits per heavy atom. The van der Waals surface area contributed by atoms with Crippen LogP contribution in [0.1, 0.15) is 33.1 Å². The SMILES string of the molecule is CCCC1OCC2OC(O)C3OC(CC(=O)OCC)OC3C2O1. The number of fused-ring (bicyclic) bond motifs is 3. The van der Waals surface area contributed by atoms with E-state index in [4.69, 9.17) is 28.4 Å². The maximum Gasteiger partial charge on any atom is 0.310 e.